The third kappa shape index (κ3) is 5.10. The number of carbonyl (C=O) groups is 1. The van der Waals surface area contributed by atoms with Crippen molar-refractivity contribution < 1.29 is 23.5 Å². The van der Waals surface area contributed by atoms with Gasteiger partial charge in [0.15, 0.2) is 5.85 Å². The van der Waals surface area contributed by atoms with Gasteiger partial charge in [-0.25, -0.2) is 0 Å². The summed E-state index contributed by atoms with van der Waals surface area (Å²) in [5, 5.41) is 10.5. The molecule has 36 heavy (non-hydrogen) atoms. The van der Waals surface area contributed by atoms with Crippen molar-refractivity contribution >= 4 is 30.6 Å². The molecule has 0 aliphatic rings. The Morgan fingerprint density at radius 2 is 1.42 bits per heavy atom. The van der Waals surface area contributed by atoms with E-state index in [0.717, 1.165) is 11.1 Å². The van der Waals surface area contributed by atoms with Gasteiger partial charge in [0.2, 0.25) is 0 Å². The van der Waals surface area contributed by atoms with E-state index < -0.39 is 13.4 Å². The van der Waals surface area contributed by atoms with Gasteiger partial charge in [-0.05, 0) is 53.1 Å². The Morgan fingerprint density at radius 3 is 2.00 bits per heavy atom. The minimum Gasteiger partial charge on any atom is -0.397 e. The summed E-state index contributed by atoms with van der Waals surface area (Å²) in [5.41, 5.74) is 10.6. The molecule has 0 aliphatic carbocycles. The summed E-state index contributed by atoms with van der Waals surface area (Å²) in [6.07, 6.45) is 0. The number of rotatable bonds is 8. The summed E-state index contributed by atoms with van der Waals surface area (Å²) < 4.78 is 22.3. The second-order valence-corrected chi connectivity index (χ2v) is 10.3. The average molecular weight is 503 g/mol. The highest BCUT2D eigenvalue weighted by Crippen LogP contribution is 2.58. The van der Waals surface area contributed by atoms with Crippen molar-refractivity contribution in [2.24, 2.45) is 0 Å². The van der Waals surface area contributed by atoms with Crippen LogP contribution in [-0.4, -0.2) is 25.2 Å². The van der Waals surface area contributed by atoms with Crippen LogP contribution in [0.4, 0.5) is 17.1 Å². The van der Waals surface area contributed by atoms with E-state index in [0.29, 0.717) is 28.2 Å². The van der Waals surface area contributed by atoms with Gasteiger partial charge >= 0.3 is 7.60 Å². The van der Waals surface area contributed by atoms with E-state index in [1.807, 2.05) is 72.8 Å². The summed E-state index contributed by atoms with van der Waals surface area (Å²) in [4.78, 5) is 15.4. The Bertz CT molecular complexity index is 1370. The molecule has 1 amide bonds. The molecule has 0 aliphatic heterocycles. The molecule has 4 aromatic carbocycles. The van der Waals surface area contributed by atoms with Crippen LogP contribution < -0.4 is 10.6 Å². The van der Waals surface area contributed by atoms with Gasteiger partial charge in [0, 0.05) is 25.5 Å². The lowest BCUT2D eigenvalue weighted by Gasteiger charge is -2.25. The molecule has 3 N–H and O–H groups in total. The lowest BCUT2D eigenvalue weighted by molar-refractivity contribution is 0.0999. The summed E-state index contributed by atoms with van der Waals surface area (Å²) in [5.74, 6) is -1.80. The number of carbonyl (C=O) groups excluding carboxylic acids is 1. The molecule has 0 saturated carbocycles. The predicted octanol–water partition coefficient (Wildman–Crippen LogP) is 6.39. The van der Waals surface area contributed by atoms with Crippen molar-refractivity contribution in [3.8, 4) is 11.1 Å². The molecule has 4 rings (SSSR count). The van der Waals surface area contributed by atoms with E-state index in [-0.39, 0.29) is 5.91 Å². The topological polar surface area (TPSA) is 102 Å². The first kappa shape index (κ1) is 25.4. The van der Waals surface area contributed by atoms with Crippen molar-refractivity contribution in [2.75, 3.05) is 24.9 Å². The molecule has 0 spiro atoms. The minimum absolute atomic E-state index is 0.301. The summed E-state index contributed by atoms with van der Waals surface area (Å²) in [7, 11) is -1.33. The van der Waals surface area contributed by atoms with Crippen molar-refractivity contribution in [3.05, 3.63) is 114 Å². The van der Waals surface area contributed by atoms with Crippen molar-refractivity contribution in [2.45, 2.75) is 5.85 Å². The van der Waals surface area contributed by atoms with E-state index in [1.165, 1.54) is 26.4 Å². The fourth-order valence-electron chi connectivity index (χ4n) is 3.87. The molecule has 0 aromatic heterocycles. The highest BCUT2D eigenvalue weighted by atomic mass is 31.2. The lowest BCUT2D eigenvalue weighted by atomic mass is 10.0. The number of aliphatic hydroxyl groups is 1. The minimum atomic E-state index is -3.75. The van der Waals surface area contributed by atoms with E-state index in [4.69, 9.17) is 14.8 Å². The fourth-order valence-corrected chi connectivity index (χ4v) is 4.96. The quantitative estimate of drug-likeness (QED) is 0.214. The van der Waals surface area contributed by atoms with Crippen LogP contribution in [0.5, 0.6) is 0 Å². The zero-order chi connectivity index (χ0) is 25.7. The second-order valence-electron chi connectivity index (χ2n) is 8.02. The highest BCUT2D eigenvalue weighted by molar-refractivity contribution is 7.54. The largest absolute Gasteiger partial charge is 0.397 e. The van der Waals surface area contributed by atoms with Gasteiger partial charge in [-0.2, -0.15) is 0 Å². The molecule has 7 nitrogen and oxygen atoms in total. The molecule has 184 valence electrons. The maximum absolute atomic E-state index is 13.8. The molecular formula is C28H27N2O5P. The highest BCUT2D eigenvalue weighted by Gasteiger charge is 2.34. The summed E-state index contributed by atoms with van der Waals surface area (Å²) >= 11 is 0. The zero-order valence-electron chi connectivity index (χ0n) is 19.9. The normalized spacial score (nSPS) is 12.2. The first-order valence-corrected chi connectivity index (χ1v) is 12.8. The van der Waals surface area contributed by atoms with E-state index in [2.05, 4.69) is 0 Å². The third-order valence-corrected chi connectivity index (χ3v) is 7.78. The van der Waals surface area contributed by atoms with Gasteiger partial charge < -0.3 is 19.9 Å². The SMILES string of the molecule is COP(=O)(OC)C(O)c1ccc(C(=O)N(c2ccccc2)c2cc(-c3ccccc3)ccc2N)cc1. The molecule has 0 radical (unpaired) electrons. The summed E-state index contributed by atoms with van der Waals surface area (Å²) in [6, 6.07) is 30.8. The molecule has 8 heteroatoms. The molecule has 0 bridgehead atoms. The van der Waals surface area contributed by atoms with E-state index >= 15 is 0 Å². The van der Waals surface area contributed by atoms with Gasteiger partial charge in [0.1, 0.15) is 0 Å². The third-order valence-electron chi connectivity index (χ3n) is 5.86. The molecule has 1 unspecified atom stereocenters. The number of nitrogens with zero attached hydrogens (tertiary/aromatic N) is 1. The second kappa shape index (κ2) is 10.9. The Labute approximate surface area is 210 Å². The smallest absolute Gasteiger partial charge is 0.362 e. The monoisotopic (exact) mass is 502 g/mol. The van der Waals surface area contributed by atoms with Crippen molar-refractivity contribution in [1.82, 2.24) is 0 Å². The first-order valence-electron chi connectivity index (χ1n) is 11.2. The Kier molecular flexibility index (Phi) is 7.67. The van der Waals surface area contributed by atoms with Crippen LogP contribution in [0.2, 0.25) is 0 Å². The Balaban J connectivity index is 1.75. The van der Waals surface area contributed by atoms with Gasteiger partial charge in [0.05, 0.1) is 11.4 Å². The maximum Gasteiger partial charge on any atom is 0.362 e. The maximum atomic E-state index is 13.8. The number of anilines is 3. The first-order chi connectivity index (χ1) is 17.4. The Hall–Kier alpha value is -3.74. The summed E-state index contributed by atoms with van der Waals surface area (Å²) in [6.45, 7) is 0. The van der Waals surface area contributed by atoms with Crippen LogP contribution in [0.1, 0.15) is 21.8 Å². The van der Waals surface area contributed by atoms with Crippen LogP contribution in [0.3, 0.4) is 0 Å². The van der Waals surface area contributed by atoms with Crippen LogP contribution in [-0.2, 0) is 13.6 Å². The molecule has 1 atom stereocenters. The Morgan fingerprint density at radius 1 is 0.833 bits per heavy atom. The van der Waals surface area contributed by atoms with Crippen LogP contribution in [0.25, 0.3) is 11.1 Å². The van der Waals surface area contributed by atoms with Gasteiger partial charge in [-0.15, -0.1) is 0 Å². The van der Waals surface area contributed by atoms with Gasteiger partial charge in [-0.1, -0.05) is 66.7 Å². The number of amides is 1. The molecular weight excluding hydrogens is 475 g/mol. The van der Waals surface area contributed by atoms with Crippen LogP contribution in [0, 0.1) is 0 Å². The molecule has 0 fully saturated rings. The van der Waals surface area contributed by atoms with E-state index in [9.17, 15) is 14.5 Å². The number of nitrogens with two attached hydrogens (primary N) is 1. The number of aliphatic hydroxyl groups excluding tert-OH is 1. The number of para-hydroxylation sites is 1. The lowest BCUT2D eigenvalue weighted by Crippen LogP contribution is -2.27. The van der Waals surface area contributed by atoms with Gasteiger partial charge in [0.25, 0.3) is 5.91 Å². The van der Waals surface area contributed by atoms with Gasteiger partial charge in [-0.3, -0.25) is 14.3 Å². The molecule has 4 aromatic rings. The number of benzene rings is 4. The predicted molar refractivity (Wildman–Crippen MR) is 142 cm³/mol. The molecule has 0 heterocycles. The molecule has 0 saturated heterocycles. The number of hydrogen-bond acceptors (Lipinski definition) is 6. The van der Waals surface area contributed by atoms with Crippen molar-refractivity contribution in [3.63, 3.8) is 0 Å². The van der Waals surface area contributed by atoms with Crippen LogP contribution in [0.15, 0.2) is 103 Å². The van der Waals surface area contributed by atoms with Crippen LogP contribution >= 0.6 is 7.60 Å². The fraction of sp³-hybridized carbons (Fsp3) is 0.107. The number of nitrogen functional groups attached to an aromatic ring is 1. The average Bonchev–Trinajstić information content (AvgIpc) is 2.94. The van der Waals surface area contributed by atoms with Crippen molar-refractivity contribution in [1.29, 1.82) is 0 Å². The standard InChI is InChI=1S/C28H27N2O5P/c1-34-36(33,35-2)28(32)22-15-13-21(14-16-22)27(31)30(24-11-7-4-8-12-24)26-19-23(17-18-25(26)29)20-9-5-3-6-10-20/h3-19,28,32H,29H2,1-2H3. The zero-order valence-corrected chi connectivity index (χ0v) is 20.8. The van der Waals surface area contributed by atoms with E-state index in [1.54, 1.807) is 23.1 Å². The number of hydrogen-bond donors (Lipinski definition) is 2.